The average Bonchev–Trinajstić information content (AvgIpc) is 1.90. The van der Waals surface area contributed by atoms with Gasteiger partial charge in [0, 0.05) is 6.07 Å². The number of benzene rings is 1. The molecular weight excluding hydrogens is 124 g/mol. The minimum absolute atomic E-state index is 0. The monoisotopic (exact) mass is 133 g/mol. The summed E-state index contributed by atoms with van der Waals surface area (Å²) in [5, 5.41) is 0. The average molecular weight is 133 g/mol. The van der Waals surface area contributed by atoms with Crippen molar-refractivity contribution < 1.29 is 4.74 Å². The largest absolute Gasteiger partial charge is 0.496 e. The summed E-state index contributed by atoms with van der Waals surface area (Å²) in [6.07, 6.45) is 0. The number of methoxy groups -OCH3 is 1. The van der Waals surface area contributed by atoms with E-state index < -0.39 is 0 Å². The molecule has 0 saturated heterocycles. The fourth-order valence-electron chi connectivity index (χ4n) is 0.504. The highest BCUT2D eigenvalue weighted by Crippen LogP contribution is 2.04. The maximum absolute atomic E-state index is 4.86. The Morgan fingerprint density at radius 1 is 1.44 bits per heavy atom. The Bertz CT molecular complexity index is 150. The van der Waals surface area contributed by atoms with Crippen LogP contribution in [0.5, 0.6) is 5.75 Å². The summed E-state index contributed by atoms with van der Waals surface area (Å²) in [5.41, 5.74) is 0. The lowest BCUT2D eigenvalue weighted by atomic mass is 10.3. The molecule has 0 aliphatic carbocycles. The molecule has 0 bridgehead atoms. The number of rotatable bonds is 1. The molecule has 1 aromatic rings. The third kappa shape index (κ3) is 2.72. The first-order valence-electron chi connectivity index (χ1n) is 2.44. The molecule has 1 rings (SSSR count). The van der Waals surface area contributed by atoms with Gasteiger partial charge in [-0.25, -0.2) is 0 Å². The van der Waals surface area contributed by atoms with Gasteiger partial charge >= 0.3 is 23.1 Å². The van der Waals surface area contributed by atoms with E-state index in [4.69, 9.17) is 4.74 Å². The summed E-state index contributed by atoms with van der Waals surface area (Å²) in [5.74, 6) is 0.785. The molecule has 0 aromatic heterocycles. The van der Waals surface area contributed by atoms with E-state index in [1.54, 1.807) is 7.11 Å². The predicted molar refractivity (Wildman–Crippen MR) is 40.4 cm³/mol. The van der Waals surface area contributed by atoms with Crippen molar-refractivity contribution in [2.75, 3.05) is 7.11 Å². The van der Waals surface area contributed by atoms with Crippen LogP contribution in [0.15, 0.2) is 24.3 Å². The summed E-state index contributed by atoms with van der Waals surface area (Å²) in [6.45, 7) is 0. The minimum Gasteiger partial charge on any atom is -0.496 e. The first-order chi connectivity index (χ1) is 3.93. The molecule has 0 heterocycles. The van der Waals surface area contributed by atoms with Crippen molar-refractivity contribution in [3.05, 3.63) is 30.3 Å². The fourth-order valence-corrected chi connectivity index (χ4v) is 0.504. The molecule has 0 saturated carbocycles. The van der Waals surface area contributed by atoms with Gasteiger partial charge in [-0.15, -0.1) is 0 Å². The second kappa shape index (κ2) is 4.64. The van der Waals surface area contributed by atoms with Gasteiger partial charge < -0.3 is 4.74 Å². The maximum Gasteiger partial charge on any atom is 0.316 e. The molecule has 0 spiro atoms. The van der Waals surface area contributed by atoms with E-state index in [1.165, 1.54) is 0 Å². The molecular formula is C7H9MgO. The molecule has 0 aliphatic rings. The summed E-state index contributed by atoms with van der Waals surface area (Å²) in [6, 6.07) is 10.4. The lowest BCUT2D eigenvalue weighted by molar-refractivity contribution is 0.414. The van der Waals surface area contributed by atoms with Gasteiger partial charge in [0.25, 0.3) is 0 Å². The first-order valence-corrected chi connectivity index (χ1v) is 2.44. The SMILES string of the molecule is COc1[c]cccc1.[MgH2]. The Morgan fingerprint density at radius 3 is 2.56 bits per heavy atom. The van der Waals surface area contributed by atoms with Crippen molar-refractivity contribution in [2.45, 2.75) is 0 Å². The van der Waals surface area contributed by atoms with E-state index in [0.29, 0.717) is 0 Å². The zero-order valence-electron chi connectivity index (χ0n) is 4.72. The van der Waals surface area contributed by atoms with Crippen LogP contribution in [0.1, 0.15) is 0 Å². The Balaban J connectivity index is 0.000000640. The van der Waals surface area contributed by atoms with Crippen molar-refractivity contribution in [2.24, 2.45) is 0 Å². The highest BCUT2D eigenvalue weighted by molar-refractivity contribution is 5.75. The van der Waals surface area contributed by atoms with Gasteiger partial charge in [0.15, 0.2) is 0 Å². The molecule has 0 atom stereocenters. The zero-order chi connectivity index (χ0) is 5.82. The van der Waals surface area contributed by atoms with E-state index in [-0.39, 0.29) is 23.1 Å². The first kappa shape index (κ1) is 8.79. The molecule has 1 aromatic carbocycles. The summed E-state index contributed by atoms with van der Waals surface area (Å²) in [7, 11) is 1.63. The Hall–Kier alpha value is -0.214. The lowest BCUT2D eigenvalue weighted by Gasteiger charge is -1.93. The van der Waals surface area contributed by atoms with Crippen LogP contribution in [0, 0.1) is 6.07 Å². The quantitative estimate of drug-likeness (QED) is 0.509. The van der Waals surface area contributed by atoms with Crippen molar-refractivity contribution in [3.8, 4) is 5.75 Å². The van der Waals surface area contributed by atoms with Gasteiger partial charge in [0.05, 0.1) is 7.11 Å². The number of ether oxygens (including phenoxy) is 1. The summed E-state index contributed by atoms with van der Waals surface area (Å²) in [4.78, 5) is 0. The van der Waals surface area contributed by atoms with Crippen LogP contribution in [-0.2, 0) is 0 Å². The van der Waals surface area contributed by atoms with Gasteiger partial charge in [-0.3, -0.25) is 0 Å². The maximum atomic E-state index is 4.86. The topological polar surface area (TPSA) is 9.23 Å². The molecule has 2 heteroatoms. The molecule has 0 amide bonds. The summed E-state index contributed by atoms with van der Waals surface area (Å²) >= 11 is 0. The third-order valence-corrected chi connectivity index (χ3v) is 0.900. The van der Waals surface area contributed by atoms with Crippen LogP contribution in [0.3, 0.4) is 0 Å². The number of hydrogen-bond acceptors (Lipinski definition) is 1. The molecule has 9 heavy (non-hydrogen) atoms. The van der Waals surface area contributed by atoms with Gasteiger partial charge in [0.1, 0.15) is 5.75 Å². The van der Waals surface area contributed by atoms with Gasteiger partial charge in [0.2, 0.25) is 0 Å². The fraction of sp³-hybridized carbons (Fsp3) is 0.143. The van der Waals surface area contributed by atoms with E-state index >= 15 is 0 Å². The normalized spacial score (nSPS) is 7.67. The zero-order valence-corrected chi connectivity index (χ0v) is 4.72. The van der Waals surface area contributed by atoms with E-state index in [0.717, 1.165) is 5.75 Å². The third-order valence-electron chi connectivity index (χ3n) is 0.900. The van der Waals surface area contributed by atoms with Crippen LogP contribution >= 0.6 is 0 Å². The van der Waals surface area contributed by atoms with Crippen molar-refractivity contribution in [1.29, 1.82) is 0 Å². The molecule has 0 fully saturated rings. The number of hydrogen-bond donors (Lipinski definition) is 0. The minimum atomic E-state index is 0. The Kier molecular flexibility index (Phi) is 4.53. The smallest absolute Gasteiger partial charge is 0.316 e. The molecule has 1 nitrogen and oxygen atoms in total. The van der Waals surface area contributed by atoms with Gasteiger partial charge in [-0.05, 0) is 6.07 Å². The van der Waals surface area contributed by atoms with E-state index in [9.17, 15) is 0 Å². The molecule has 45 valence electrons. The van der Waals surface area contributed by atoms with E-state index in [1.807, 2.05) is 24.3 Å². The highest BCUT2D eigenvalue weighted by atomic mass is 24.3. The van der Waals surface area contributed by atoms with Crippen LogP contribution in [0.2, 0.25) is 0 Å². The van der Waals surface area contributed by atoms with Gasteiger partial charge in [-0.1, -0.05) is 18.2 Å². The molecule has 0 unspecified atom stereocenters. The number of para-hydroxylation sites is 1. The van der Waals surface area contributed by atoms with Crippen LogP contribution in [-0.4, -0.2) is 30.2 Å². The Morgan fingerprint density at radius 2 is 2.22 bits per heavy atom. The lowest BCUT2D eigenvalue weighted by Crippen LogP contribution is -1.79. The summed E-state index contributed by atoms with van der Waals surface area (Å²) < 4.78 is 4.86. The van der Waals surface area contributed by atoms with Crippen molar-refractivity contribution in [1.82, 2.24) is 0 Å². The van der Waals surface area contributed by atoms with Gasteiger partial charge in [-0.2, -0.15) is 0 Å². The highest BCUT2D eigenvalue weighted by Gasteiger charge is 1.81. The molecule has 0 N–H and O–H groups in total. The molecule has 1 radical (unpaired) electrons. The standard InChI is InChI=1S/C7H7O.Mg.2H/c1-8-7-5-3-2-4-6-7;;;/h2-5H,1H3;;;. The van der Waals surface area contributed by atoms with E-state index in [2.05, 4.69) is 6.07 Å². The second-order valence-electron chi connectivity index (χ2n) is 1.43. The van der Waals surface area contributed by atoms with Crippen LogP contribution in [0.25, 0.3) is 0 Å². The Labute approximate surface area is 71.2 Å². The van der Waals surface area contributed by atoms with Crippen molar-refractivity contribution >= 4 is 23.1 Å². The second-order valence-corrected chi connectivity index (χ2v) is 1.43. The predicted octanol–water partition coefficient (Wildman–Crippen LogP) is 0.579. The molecule has 0 aliphatic heterocycles. The van der Waals surface area contributed by atoms with Crippen LogP contribution < -0.4 is 4.74 Å². The van der Waals surface area contributed by atoms with Crippen LogP contribution in [0.4, 0.5) is 0 Å². The van der Waals surface area contributed by atoms with Crippen molar-refractivity contribution in [3.63, 3.8) is 0 Å².